The van der Waals surface area contributed by atoms with E-state index in [0.29, 0.717) is 26.2 Å². The molecule has 0 atom stereocenters. The van der Waals surface area contributed by atoms with Crippen molar-refractivity contribution in [1.82, 2.24) is 15.1 Å². The molecule has 1 N–H and O–H groups in total. The van der Waals surface area contributed by atoms with Crippen molar-refractivity contribution >= 4 is 11.8 Å². The van der Waals surface area contributed by atoms with E-state index in [9.17, 15) is 9.59 Å². The van der Waals surface area contributed by atoms with Gasteiger partial charge in [-0.15, -0.1) is 0 Å². The van der Waals surface area contributed by atoms with Crippen LogP contribution < -0.4 is 10.1 Å². The fourth-order valence-electron chi connectivity index (χ4n) is 2.57. The van der Waals surface area contributed by atoms with E-state index in [0.717, 1.165) is 30.0 Å². The molecule has 0 bridgehead atoms. The highest BCUT2D eigenvalue weighted by molar-refractivity contribution is 6.35. The second kappa shape index (κ2) is 7.97. The number of nitrogens with zero attached hydrogens (tertiary/aromatic N) is 2. The first kappa shape index (κ1) is 17.3. The van der Waals surface area contributed by atoms with E-state index in [2.05, 4.69) is 10.2 Å². The number of hydrogen-bond donors (Lipinski definition) is 1. The van der Waals surface area contributed by atoms with E-state index in [1.807, 2.05) is 39.1 Å². The third-order valence-electron chi connectivity index (χ3n) is 4.03. The Hall–Kier alpha value is -2.08. The van der Waals surface area contributed by atoms with Gasteiger partial charge in [0.25, 0.3) is 0 Å². The Balaban J connectivity index is 1.73. The Kier molecular flexibility index (Phi) is 5.98. The second-order valence-corrected chi connectivity index (χ2v) is 5.92. The van der Waals surface area contributed by atoms with Crippen LogP contribution in [0.15, 0.2) is 18.2 Å². The first-order valence-corrected chi connectivity index (χ1v) is 7.93. The van der Waals surface area contributed by atoms with E-state index in [1.54, 1.807) is 4.90 Å². The Bertz CT molecular complexity index is 546. The predicted octanol–water partition coefficient (Wildman–Crippen LogP) is 0.572. The van der Waals surface area contributed by atoms with Gasteiger partial charge in [-0.05, 0) is 32.0 Å². The van der Waals surface area contributed by atoms with Crippen LogP contribution in [0.2, 0.25) is 0 Å². The van der Waals surface area contributed by atoms with Crippen LogP contribution in [0.25, 0.3) is 0 Å². The lowest BCUT2D eigenvalue weighted by atomic mass is 10.1. The highest BCUT2D eigenvalue weighted by Crippen LogP contribution is 2.21. The number of carbonyl (C=O) groups excluding carboxylic acids is 2. The molecule has 1 heterocycles. The predicted molar refractivity (Wildman–Crippen MR) is 88.5 cm³/mol. The summed E-state index contributed by atoms with van der Waals surface area (Å²) in [6, 6.07) is 5.95. The summed E-state index contributed by atoms with van der Waals surface area (Å²) >= 11 is 0. The van der Waals surface area contributed by atoms with Crippen molar-refractivity contribution in [3.05, 3.63) is 29.3 Å². The maximum absolute atomic E-state index is 12.0. The molecule has 1 fully saturated rings. The summed E-state index contributed by atoms with van der Waals surface area (Å²) in [6.07, 6.45) is 0. The number of rotatable bonds is 4. The highest BCUT2D eigenvalue weighted by Gasteiger charge is 2.24. The Morgan fingerprint density at radius 3 is 2.35 bits per heavy atom. The number of aryl methyl sites for hydroxylation is 2. The number of amides is 2. The van der Waals surface area contributed by atoms with E-state index in [-0.39, 0.29) is 0 Å². The molecule has 2 amide bonds. The molecule has 1 aromatic carbocycles. The molecule has 1 saturated heterocycles. The Morgan fingerprint density at radius 2 is 1.74 bits per heavy atom. The van der Waals surface area contributed by atoms with Crippen LogP contribution in [0.5, 0.6) is 5.75 Å². The zero-order valence-electron chi connectivity index (χ0n) is 14.1. The molecule has 0 spiro atoms. The van der Waals surface area contributed by atoms with Gasteiger partial charge in [-0.3, -0.25) is 9.59 Å². The molecule has 2 rings (SSSR count). The van der Waals surface area contributed by atoms with Crippen LogP contribution in [-0.4, -0.2) is 68.0 Å². The fraction of sp³-hybridized carbons (Fsp3) is 0.529. The maximum atomic E-state index is 12.0. The summed E-state index contributed by atoms with van der Waals surface area (Å²) in [5.41, 5.74) is 2.12. The monoisotopic (exact) mass is 319 g/mol. The number of para-hydroxylation sites is 1. The SMILES string of the molecule is Cc1cccc(C)c1OCCNC(=O)C(=O)N1CCN(C)CC1. The van der Waals surface area contributed by atoms with Gasteiger partial charge in [-0.2, -0.15) is 0 Å². The molecular formula is C17H25N3O3. The van der Waals surface area contributed by atoms with Gasteiger partial charge >= 0.3 is 11.8 Å². The summed E-state index contributed by atoms with van der Waals surface area (Å²) in [4.78, 5) is 27.7. The number of ether oxygens (including phenoxy) is 1. The van der Waals surface area contributed by atoms with E-state index in [4.69, 9.17) is 4.74 Å². The summed E-state index contributed by atoms with van der Waals surface area (Å²) in [6.45, 7) is 7.42. The average Bonchev–Trinajstić information content (AvgIpc) is 2.53. The lowest BCUT2D eigenvalue weighted by Crippen LogP contribution is -2.51. The summed E-state index contributed by atoms with van der Waals surface area (Å²) < 4.78 is 5.71. The Labute approximate surface area is 137 Å². The van der Waals surface area contributed by atoms with Crippen molar-refractivity contribution in [1.29, 1.82) is 0 Å². The standard InChI is InChI=1S/C17H25N3O3/c1-13-5-4-6-14(2)15(13)23-12-7-18-16(21)17(22)20-10-8-19(3)9-11-20/h4-6H,7-12H2,1-3H3,(H,18,21). The molecule has 1 aliphatic heterocycles. The molecule has 0 saturated carbocycles. The lowest BCUT2D eigenvalue weighted by Gasteiger charge is -2.31. The molecule has 1 aliphatic rings. The quantitative estimate of drug-likeness (QED) is 0.651. The third-order valence-corrected chi connectivity index (χ3v) is 4.03. The topological polar surface area (TPSA) is 61.9 Å². The van der Waals surface area contributed by atoms with E-state index in [1.165, 1.54) is 0 Å². The maximum Gasteiger partial charge on any atom is 0.311 e. The van der Waals surface area contributed by atoms with Gasteiger partial charge in [0.15, 0.2) is 0 Å². The number of likely N-dealkylation sites (N-methyl/N-ethyl adjacent to an activating group) is 1. The highest BCUT2D eigenvalue weighted by atomic mass is 16.5. The normalized spacial score (nSPS) is 15.3. The minimum absolute atomic E-state index is 0.312. The molecule has 0 unspecified atom stereocenters. The minimum atomic E-state index is -0.556. The van der Waals surface area contributed by atoms with Crippen LogP contribution in [0.1, 0.15) is 11.1 Å². The number of benzene rings is 1. The molecular weight excluding hydrogens is 294 g/mol. The third kappa shape index (κ3) is 4.69. The zero-order valence-corrected chi connectivity index (χ0v) is 14.1. The van der Waals surface area contributed by atoms with Crippen LogP contribution in [0.3, 0.4) is 0 Å². The molecule has 6 heteroatoms. The fourth-order valence-corrected chi connectivity index (χ4v) is 2.57. The van der Waals surface area contributed by atoms with Gasteiger partial charge in [0.05, 0.1) is 6.54 Å². The first-order valence-electron chi connectivity index (χ1n) is 7.93. The Morgan fingerprint density at radius 1 is 1.13 bits per heavy atom. The summed E-state index contributed by atoms with van der Waals surface area (Å²) in [5, 5.41) is 2.63. The summed E-state index contributed by atoms with van der Waals surface area (Å²) in [5.74, 6) is -0.169. The molecule has 0 radical (unpaired) electrons. The van der Waals surface area contributed by atoms with E-state index >= 15 is 0 Å². The lowest BCUT2D eigenvalue weighted by molar-refractivity contribution is -0.146. The summed E-state index contributed by atoms with van der Waals surface area (Å²) in [7, 11) is 2.01. The smallest absolute Gasteiger partial charge is 0.311 e. The molecule has 1 aromatic rings. The molecule has 0 aromatic heterocycles. The molecule has 23 heavy (non-hydrogen) atoms. The van der Waals surface area contributed by atoms with Crippen LogP contribution >= 0.6 is 0 Å². The number of carbonyl (C=O) groups is 2. The second-order valence-electron chi connectivity index (χ2n) is 5.92. The largest absolute Gasteiger partial charge is 0.491 e. The average molecular weight is 319 g/mol. The van der Waals surface area contributed by atoms with Gasteiger partial charge in [0.1, 0.15) is 12.4 Å². The number of hydrogen-bond acceptors (Lipinski definition) is 4. The molecule has 0 aliphatic carbocycles. The van der Waals surface area contributed by atoms with Crippen molar-refractivity contribution in [2.75, 3.05) is 46.4 Å². The van der Waals surface area contributed by atoms with Gasteiger partial charge < -0.3 is 19.9 Å². The van der Waals surface area contributed by atoms with Gasteiger partial charge in [-0.25, -0.2) is 0 Å². The van der Waals surface area contributed by atoms with Crippen LogP contribution in [0, 0.1) is 13.8 Å². The van der Waals surface area contributed by atoms with Crippen molar-refractivity contribution in [3.63, 3.8) is 0 Å². The van der Waals surface area contributed by atoms with Crippen molar-refractivity contribution in [2.45, 2.75) is 13.8 Å². The van der Waals surface area contributed by atoms with Gasteiger partial charge in [-0.1, -0.05) is 18.2 Å². The number of nitrogens with one attached hydrogen (secondary N) is 1. The number of piperazine rings is 1. The zero-order chi connectivity index (χ0) is 16.8. The molecule has 6 nitrogen and oxygen atoms in total. The van der Waals surface area contributed by atoms with Crippen LogP contribution in [0.4, 0.5) is 0 Å². The molecule has 126 valence electrons. The minimum Gasteiger partial charge on any atom is -0.491 e. The van der Waals surface area contributed by atoms with Crippen molar-refractivity contribution < 1.29 is 14.3 Å². The first-order chi connectivity index (χ1) is 11.0. The van der Waals surface area contributed by atoms with E-state index < -0.39 is 11.8 Å². The van der Waals surface area contributed by atoms with Crippen LogP contribution in [-0.2, 0) is 9.59 Å². The van der Waals surface area contributed by atoms with Gasteiger partial charge in [0.2, 0.25) is 0 Å². The van der Waals surface area contributed by atoms with Crippen molar-refractivity contribution in [2.24, 2.45) is 0 Å². The van der Waals surface area contributed by atoms with Gasteiger partial charge in [0, 0.05) is 26.2 Å². The van der Waals surface area contributed by atoms with Crippen molar-refractivity contribution in [3.8, 4) is 5.75 Å².